The zero-order valence-corrected chi connectivity index (χ0v) is 10.2. The van der Waals surface area contributed by atoms with Gasteiger partial charge in [0.15, 0.2) is 0 Å². The Labute approximate surface area is 98.0 Å². The second-order valence-electron chi connectivity index (χ2n) is 4.01. The lowest BCUT2D eigenvalue weighted by atomic mass is 10.2. The van der Waals surface area contributed by atoms with Gasteiger partial charge in [-0.05, 0) is 18.1 Å². The fourth-order valence-electron chi connectivity index (χ4n) is 1.95. The summed E-state index contributed by atoms with van der Waals surface area (Å²) in [6, 6.07) is 4.05. The van der Waals surface area contributed by atoms with Crippen molar-refractivity contribution in [3.63, 3.8) is 0 Å². The maximum atomic E-state index is 11.6. The number of H-pyrrole nitrogens is 1. The maximum absolute atomic E-state index is 11.6. The molecule has 1 aliphatic heterocycles. The minimum Gasteiger partial charge on any atom is -0.365 e. The molecule has 0 saturated carbocycles. The highest BCUT2D eigenvalue weighted by Gasteiger charge is 2.28. The predicted molar refractivity (Wildman–Crippen MR) is 63.0 cm³/mol. The van der Waals surface area contributed by atoms with Gasteiger partial charge in [-0.2, -0.15) is 0 Å². The molecule has 0 radical (unpaired) electrons. The Kier molecular flexibility index (Phi) is 3.46. The van der Waals surface area contributed by atoms with Crippen molar-refractivity contribution in [1.82, 2.24) is 9.88 Å². The van der Waals surface area contributed by atoms with E-state index >= 15 is 0 Å². The number of aromatic nitrogens is 1. The van der Waals surface area contributed by atoms with Crippen molar-refractivity contribution in [3.05, 3.63) is 24.0 Å². The third-order valence-electron chi connectivity index (χ3n) is 2.83. The van der Waals surface area contributed by atoms with E-state index in [0.29, 0.717) is 18.2 Å². The van der Waals surface area contributed by atoms with E-state index in [1.807, 2.05) is 17.2 Å². The van der Waals surface area contributed by atoms with Crippen molar-refractivity contribution in [3.8, 4) is 0 Å². The second kappa shape index (κ2) is 4.84. The van der Waals surface area contributed by atoms with Gasteiger partial charge in [-0.3, -0.25) is 4.79 Å². The van der Waals surface area contributed by atoms with Crippen LogP contribution in [0.1, 0.15) is 12.1 Å². The molecular formula is C11H15BrN2O. The quantitative estimate of drug-likeness (QED) is 0.833. The standard InChI is InChI=1S/C11H15BrN2O/c12-7-9-6-11(15)14(8-9)5-3-10-2-1-4-13-10/h1-2,4,9,13H,3,5-8H2. The molecule has 0 aliphatic carbocycles. The molecule has 2 heterocycles. The second-order valence-corrected chi connectivity index (χ2v) is 4.66. The highest BCUT2D eigenvalue weighted by Crippen LogP contribution is 2.19. The van der Waals surface area contributed by atoms with E-state index in [1.165, 1.54) is 5.69 Å². The van der Waals surface area contributed by atoms with E-state index in [2.05, 4.69) is 27.0 Å². The zero-order chi connectivity index (χ0) is 10.7. The molecule has 0 aromatic carbocycles. The van der Waals surface area contributed by atoms with Gasteiger partial charge in [-0.1, -0.05) is 15.9 Å². The first kappa shape index (κ1) is 10.7. The highest BCUT2D eigenvalue weighted by atomic mass is 79.9. The summed E-state index contributed by atoms with van der Waals surface area (Å²) in [4.78, 5) is 16.7. The Morgan fingerprint density at radius 1 is 1.60 bits per heavy atom. The summed E-state index contributed by atoms with van der Waals surface area (Å²) in [6.45, 7) is 1.74. The van der Waals surface area contributed by atoms with Crippen LogP contribution in [0.25, 0.3) is 0 Å². The average Bonchev–Trinajstić information content (AvgIpc) is 2.84. The van der Waals surface area contributed by atoms with Crippen LogP contribution in [0.4, 0.5) is 0 Å². The van der Waals surface area contributed by atoms with Gasteiger partial charge in [0.05, 0.1) is 0 Å². The molecule has 0 bridgehead atoms. The van der Waals surface area contributed by atoms with Crippen LogP contribution >= 0.6 is 15.9 Å². The Hall–Kier alpha value is -0.770. The minimum absolute atomic E-state index is 0.297. The Balaban J connectivity index is 1.83. The fraction of sp³-hybridized carbons (Fsp3) is 0.545. The Morgan fingerprint density at radius 3 is 3.07 bits per heavy atom. The number of carbonyl (C=O) groups is 1. The van der Waals surface area contributed by atoms with E-state index < -0.39 is 0 Å². The normalized spacial score (nSPS) is 21.3. The number of carbonyl (C=O) groups excluding carboxylic acids is 1. The molecule has 1 amide bonds. The number of aromatic amines is 1. The zero-order valence-electron chi connectivity index (χ0n) is 8.58. The number of alkyl halides is 1. The largest absolute Gasteiger partial charge is 0.365 e. The van der Waals surface area contributed by atoms with Gasteiger partial charge in [0.1, 0.15) is 0 Å². The minimum atomic E-state index is 0.297. The lowest BCUT2D eigenvalue weighted by molar-refractivity contribution is -0.127. The number of amides is 1. The van der Waals surface area contributed by atoms with E-state index in [-0.39, 0.29) is 0 Å². The van der Waals surface area contributed by atoms with Crippen LogP contribution in [0, 0.1) is 5.92 Å². The monoisotopic (exact) mass is 270 g/mol. The van der Waals surface area contributed by atoms with Crippen molar-refractivity contribution in [2.75, 3.05) is 18.4 Å². The van der Waals surface area contributed by atoms with Crippen molar-refractivity contribution in [2.45, 2.75) is 12.8 Å². The summed E-state index contributed by atoms with van der Waals surface area (Å²) in [5, 5.41) is 0.928. The summed E-state index contributed by atoms with van der Waals surface area (Å²) in [7, 11) is 0. The number of likely N-dealkylation sites (tertiary alicyclic amines) is 1. The van der Waals surface area contributed by atoms with Gasteiger partial charge >= 0.3 is 0 Å². The molecule has 1 atom stereocenters. The first-order chi connectivity index (χ1) is 7.29. The van der Waals surface area contributed by atoms with Crippen molar-refractivity contribution in [2.24, 2.45) is 5.92 Å². The Bertz CT molecular complexity index is 323. The number of hydrogen-bond donors (Lipinski definition) is 1. The number of nitrogens with one attached hydrogen (secondary N) is 1. The van der Waals surface area contributed by atoms with Crippen LogP contribution in [-0.2, 0) is 11.2 Å². The maximum Gasteiger partial charge on any atom is 0.222 e. The van der Waals surface area contributed by atoms with Gasteiger partial charge in [-0.25, -0.2) is 0 Å². The van der Waals surface area contributed by atoms with Gasteiger partial charge in [0, 0.05) is 43.2 Å². The van der Waals surface area contributed by atoms with Crippen LogP contribution in [0.15, 0.2) is 18.3 Å². The summed E-state index contributed by atoms with van der Waals surface area (Å²) >= 11 is 3.44. The van der Waals surface area contributed by atoms with E-state index in [0.717, 1.165) is 24.8 Å². The molecule has 1 aliphatic rings. The molecule has 1 unspecified atom stereocenters. The van der Waals surface area contributed by atoms with Crippen LogP contribution in [0.2, 0.25) is 0 Å². The molecular weight excluding hydrogens is 256 g/mol. The number of nitrogens with zero attached hydrogens (tertiary/aromatic N) is 1. The molecule has 1 aromatic rings. The van der Waals surface area contributed by atoms with Gasteiger partial charge in [0.2, 0.25) is 5.91 Å². The van der Waals surface area contributed by atoms with E-state index in [9.17, 15) is 4.79 Å². The molecule has 2 rings (SSSR count). The van der Waals surface area contributed by atoms with Crippen LogP contribution in [0.3, 0.4) is 0 Å². The van der Waals surface area contributed by atoms with Crippen LogP contribution in [-0.4, -0.2) is 34.2 Å². The SMILES string of the molecule is O=C1CC(CBr)CN1CCc1ccc[nH]1. The summed E-state index contributed by atoms with van der Waals surface area (Å²) in [5.74, 6) is 0.798. The fourth-order valence-corrected chi connectivity index (χ4v) is 2.39. The molecule has 0 spiro atoms. The van der Waals surface area contributed by atoms with Crippen LogP contribution < -0.4 is 0 Å². The van der Waals surface area contributed by atoms with E-state index in [4.69, 9.17) is 0 Å². The van der Waals surface area contributed by atoms with Crippen molar-refractivity contribution < 1.29 is 4.79 Å². The average molecular weight is 271 g/mol. The molecule has 1 fully saturated rings. The third kappa shape index (κ3) is 2.62. The number of hydrogen-bond acceptors (Lipinski definition) is 1. The first-order valence-corrected chi connectivity index (χ1v) is 6.37. The topological polar surface area (TPSA) is 36.1 Å². The number of halogens is 1. The molecule has 3 nitrogen and oxygen atoms in total. The smallest absolute Gasteiger partial charge is 0.222 e. The number of rotatable bonds is 4. The van der Waals surface area contributed by atoms with Gasteiger partial charge < -0.3 is 9.88 Å². The highest BCUT2D eigenvalue weighted by molar-refractivity contribution is 9.09. The molecule has 1 saturated heterocycles. The van der Waals surface area contributed by atoms with Gasteiger partial charge in [-0.15, -0.1) is 0 Å². The summed E-state index contributed by atoms with van der Waals surface area (Å²) in [5.41, 5.74) is 1.20. The first-order valence-electron chi connectivity index (χ1n) is 5.25. The third-order valence-corrected chi connectivity index (χ3v) is 3.74. The Morgan fingerprint density at radius 2 is 2.47 bits per heavy atom. The van der Waals surface area contributed by atoms with Crippen molar-refractivity contribution >= 4 is 21.8 Å². The molecule has 1 aromatic heterocycles. The summed E-state index contributed by atoms with van der Waals surface area (Å²) < 4.78 is 0. The molecule has 82 valence electrons. The van der Waals surface area contributed by atoms with Gasteiger partial charge in [0.25, 0.3) is 0 Å². The van der Waals surface area contributed by atoms with Crippen molar-refractivity contribution in [1.29, 1.82) is 0 Å². The lowest BCUT2D eigenvalue weighted by Gasteiger charge is -2.15. The summed E-state index contributed by atoms with van der Waals surface area (Å²) in [6.07, 6.45) is 3.55. The van der Waals surface area contributed by atoms with E-state index in [1.54, 1.807) is 0 Å². The molecule has 4 heteroatoms. The van der Waals surface area contributed by atoms with Crippen LogP contribution in [0.5, 0.6) is 0 Å². The molecule has 15 heavy (non-hydrogen) atoms. The predicted octanol–water partition coefficient (Wildman–Crippen LogP) is 1.80. The molecule has 1 N–H and O–H groups in total. The lowest BCUT2D eigenvalue weighted by Crippen LogP contribution is -2.27.